The third-order valence-corrected chi connectivity index (χ3v) is 4.92. The van der Waals surface area contributed by atoms with E-state index in [2.05, 4.69) is 5.32 Å². The number of nitrogen functional groups attached to an aromatic ring is 1. The van der Waals surface area contributed by atoms with Crippen LogP contribution in [0.1, 0.15) is 28.8 Å². The summed E-state index contributed by atoms with van der Waals surface area (Å²) in [4.78, 5) is 12.2. The van der Waals surface area contributed by atoms with Crippen LogP contribution in [0.3, 0.4) is 0 Å². The molecule has 0 aromatic heterocycles. The molecule has 1 aliphatic rings. The number of anilines is 1. The van der Waals surface area contributed by atoms with Gasteiger partial charge in [0.15, 0.2) is 0 Å². The minimum atomic E-state index is -3.14. The topological polar surface area (TPSA) is 92.5 Å². The lowest BCUT2D eigenvalue weighted by molar-refractivity contribution is 0.0924. The number of hydrogen-bond donors (Lipinski definition) is 2. The number of rotatable bonds is 3. The molecule has 3 N–H and O–H groups in total. The van der Waals surface area contributed by atoms with Crippen molar-refractivity contribution in [2.24, 2.45) is 0 Å². The molecule has 1 aromatic carbocycles. The molecule has 1 fully saturated rings. The van der Waals surface area contributed by atoms with Gasteiger partial charge in [-0.05, 0) is 43.5 Å². The van der Waals surface area contributed by atoms with Gasteiger partial charge in [0.05, 0.1) is 6.26 Å². The highest BCUT2D eigenvalue weighted by Crippen LogP contribution is 2.15. The van der Waals surface area contributed by atoms with Gasteiger partial charge in [-0.25, -0.2) is 12.7 Å². The summed E-state index contributed by atoms with van der Waals surface area (Å²) in [6.07, 6.45) is 2.46. The van der Waals surface area contributed by atoms with Crippen LogP contribution in [0, 0.1) is 6.92 Å². The minimum absolute atomic E-state index is 0.00256. The highest BCUT2D eigenvalue weighted by molar-refractivity contribution is 7.88. The average molecular weight is 311 g/mol. The van der Waals surface area contributed by atoms with E-state index in [4.69, 9.17) is 5.73 Å². The molecule has 1 aromatic rings. The number of carbonyl (C=O) groups excluding carboxylic acids is 1. The minimum Gasteiger partial charge on any atom is -0.399 e. The summed E-state index contributed by atoms with van der Waals surface area (Å²) in [5, 5.41) is 2.95. The Labute approximate surface area is 125 Å². The first-order valence-corrected chi connectivity index (χ1v) is 8.73. The first-order valence-electron chi connectivity index (χ1n) is 6.89. The molecule has 0 bridgehead atoms. The molecule has 0 spiro atoms. The van der Waals surface area contributed by atoms with Crippen molar-refractivity contribution < 1.29 is 13.2 Å². The molecule has 0 unspecified atom stereocenters. The van der Waals surface area contributed by atoms with E-state index in [9.17, 15) is 13.2 Å². The van der Waals surface area contributed by atoms with Crippen molar-refractivity contribution in [3.8, 4) is 0 Å². The van der Waals surface area contributed by atoms with E-state index < -0.39 is 10.0 Å². The first kappa shape index (κ1) is 15.8. The average Bonchev–Trinajstić information content (AvgIpc) is 2.37. The van der Waals surface area contributed by atoms with Gasteiger partial charge in [0.1, 0.15) is 0 Å². The van der Waals surface area contributed by atoms with E-state index >= 15 is 0 Å². The summed E-state index contributed by atoms with van der Waals surface area (Å²) >= 11 is 0. The SMILES string of the molecule is Cc1cc(N)cc(C(=O)NC2CCN(S(C)(=O)=O)CC2)c1. The molecule has 1 saturated heterocycles. The number of hydrogen-bond acceptors (Lipinski definition) is 4. The van der Waals surface area contributed by atoms with Crippen molar-refractivity contribution in [2.75, 3.05) is 25.1 Å². The van der Waals surface area contributed by atoms with Crippen molar-refractivity contribution in [1.29, 1.82) is 0 Å². The molecule has 0 atom stereocenters. The second kappa shape index (κ2) is 6.03. The van der Waals surface area contributed by atoms with Crippen LogP contribution in [0.15, 0.2) is 18.2 Å². The molecule has 116 valence electrons. The van der Waals surface area contributed by atoms with Crippen LogP contribution in [0.2, 0.25) is 0 Å². The van der Waals surface area contributed by atoms with Crippen LogP contribution in [0.25, 0.3) is 0 Å². The van der Waals surface area contributed by atoms with Crippen LogP contribution in [0.4, 0.5) is 5.69 Å². The summed E-state index contributed by atoms with van der Waals surface area (Å²) < 4.78 is 24.3. The van der Waals surface area contributed by atoms with E-state index in [1.54, 1.807) is 18.2 Å². The van der Waals surface area contributed by atoms with Crippen molar-refractivity contribution in [3.63, 3.8) is 0 Å². The van der Waals surface area contributed by atoms with Gasteiger partial charge in [0, 0.05) is 30.4 Å². The fourth-order valence-electron chi connectivity index (χ4n) is 2.54. The fraction of sp³-hybridized carbons (Fsp3) is 0.500. The second-order valence-electron chi connectivity index (χ2n) is 5.54. The Morgan fingerprint density at radius 2 is 1.90 bits per heavy atom. The largest absolute Gasteiger partial charge is 0.399 e. The number of amides is 1. The Kier molecular flexibility index (Phi) is 4.53. The van der Waals surface area contributed by atoms with Crippen molar-refractivity contribution in [3.05, 3.63) is 29.3 Å². The number of aryl methyl sites for hydroxylation is 1. The van der Waals surface area contributed by atoms with Gasteiger partial charge in [-0.2, -0.15) is 0 Å². The molecule has 1 amide bonds. The lowest BCUT2D eigenvalue weighted by Gasteiger charge is -2.30. The van der Waals surface area contributed by atoms with E-state index in [-0.39, 0.29) is 11.9 Å². The zero-order valence-corrected chi connectivity index (χ0v) is 13.1. The number of benzene rings is 1. The summed E-state index contributed by atoms with van der Waals surface area (Å²) in [6, 6.07) is 5.24. The Morgan fingerprint density at radius 3 is 2.43 bits per heavy atom. The predicted molar refractivity (Wildman–Crippen MR) is 82.5 cm³/mol. The Hall–Kier alpha value is -1.60. The molecular weight excluding hydrogens is 290 g/mol. The molecule has 2 rings (SSSR count). The molecular formula is C14H21N3O3S. The maximum absolute atomic E-state index is 12.2. The molecule has 0 radical (unpaired) electrons. The summed E-state index contributed by atoms with van der Waals surface area (Å²) in [5.74, 6) is -0.164. The zero-order valence-electron chi connectivity index (χ0n) is 12.3. The summed E-state index contributed by atoms with van der Waals surface area (Å²) in [6.45, 7) is 2.78. The Balaban J connectivity index is 1.96. The highest BCUT2D eigenvalue weighted by atomic mass is 32.2. The van der Waals surface area contributed by atoms with Crippen LogP contribution in [-0.4, -0.2) is 44.0 Å². The quantitative estimate of drug-likeness (QED) is 0.805. The van der Waals surface area contributed by atoms with Gasteiger partial charge in [-0.3, -0.25) is 4.79 Å². The van der Waals surface area contributed by atoms with Gasteiger partial charge in [0.25, 0.3) is 5.91 Å². The van der Waals surface area contributed by atoms with Crippen LogP contribution in [0.5, 0.6) is 0 Å². The lowest BCUT2D eigenvalue weighted by atomic mass is 10.1. The number of sulfonamides is 1. The predicted octanol–water partition coefficient (Wildman–Crippen LogP) is 0.731. The van der Waals surface area contributed by atoms with Gasteiger partial charge < -0.3 is 11.1 Å². The van der Waals surface area contributed by atoms with Crippen LogP contribution in [-0.2, 0) is 10.0 Å². The van der Waals surface area contributed by atoms with Crippen LogP contribution < -0.4 is 11.1 Å². The number of carbonyl (C=O) groups is 1. The molecule has 6 nitrogen and oxygen atoms in total. The van der Waals surface area contributed by atoms with Crippen LogP contribution >= 0.6 is 0 Å². The third-order valence-electron chi connectivity index (χ3n) is 3.62. The van der Waals surface area contributed by atoms with Gasteiger partial charge in [-0.1, -0.05) is 0 Å². The number of piperidine rings is 1. The summed E-state index contributed by atoms with van der Waals surface area (Å²) in [7, 11) is -3.14. The van der Waals surface area contributed by atoms with Crippen molar-refractivity contribution >= 4 is 21.6 Å². The molecule has 1 aliphatic heterocycles. The molecule has 7 heteroatoms. The third kappa shape index (κ3) is 4.18. The molecule has 1 heterocycles. The maximum Gasteiger partial charge on any atom is 0.251 e. The molecule has 0 aliphatic carbocycles. The monoisotopic (exact) mass is 311 g/mol. The zero-order chi connectivity index (χ0) is 15.6. The normalized spacial score (nSPS) is 17.6. The summed E-state index contributed by atoms with van der Waals surface area (Å²) in [5.41, 5.74) is 7.78. The van der Waals surface area contributed by atoms with Crippen molar-refractivity contribution in [1.82, 2.24) is 9.62 Å². The standard InChI is InChI=1S/C14H21N3O3S/c1-10-7-11(9-12(15)8-10)14(18)16-13-3-5-17(6-4-13)21(2,19)20/h7-9,13H,3-6,15H2,1-2H3,(H,16,18). The molecule has 0 saturated carbocycles. The van der Waals surface area contributed by atoms with E-state index in [1.165, 1.54) is 10.6 Å². The second-order valence-corrected chi connectivity index (χ2v) is 7.52. The Morgan fingerprint density at radius 1 is 1.29 bits per heavy atom. The van der Waals surface area contributed by atoms with Gasteiger partial charge in [-0.15, -0.1) is 0 Å². The highest BCUT2D eigenvalue weighted by Gasteiger charge is 2.25. The van der Waals surface area contributed by atoms with Gasteiger partial charge in [0.2, 0.25) is 10.0 Å². The lowest BCUT2D eigenvalue weighted by Crippen LogP contribution is -2.46. The van der Waals surface area contributed by atoms with Gasteiger partial charge >= 0.3 is 0 Å². The number of nitrogens with two attached hydrogens (primary N) is 1. The molecule has 21 heavy (non-hydrogen) atoms. The fourth-order valence-corrected chi connectivity index (χ4v) is 3.42. The van der Waals surface area contributed by atoms with E-state index in [0.717, 1.165) is 5.56 Å². The van der Waals surface area contributed by atoms with Crippen molar-refractivity contribution in [2.45, 2.75) is 25.8 Å². The smallest absolute Gasteiger partial charge is 0.251 e. The van der Waals surface area contributed by atoms with E-state index in [1.807, 2.05) is 6.92 Å². The Bertz CT molecular complexity index is 615. The van der Waals surface area contributed by atoms with E-state index in [0.29, 0.717) is 37.2 Å². The number of nitrogens with zero attached hydrogens (tertiary/aromatic N) is 1. The first-order chi connectivity index (χ1) is 9.75. The maximum atomic E-state index is 12.2. The number of nitrogens with one attached hydrogen (secondary N) is 1.